The van der Waals surface area contributed by atoms with Crippen molar-refractivity contribution in [2.24, 2.45) is 0 Å². The predicted octanol–water partition coefficient (Wildman–Crippen LogP) is 3.23. The van der Waals surface area contributed by atoms with Gasteiger partial charge in [0, 0.05) is 13.0 Å². The maximum atomic E-state index is 12.1. The number of carbonyl (C=O) groups is 1. The van der Waals surface area contributed by atoms with Gasteiger partial charge in [-0.1, -0.05) is 30.7 Å². The molecule has 0 aliphatic carbocycles. The molecule has 0 radical (unpaired) electrons. The van der Waals surface area contributed by atoms with Crippen LogP contribution in [0.1, 0.15) is 37.0 Å². The van der Waals surface area contributed by atoms with Crippen LogP contribution in [-0.4, -0.2) is 18.5 Å². The van der Waals surface area contributed by atoms with Gasteiger partial charge < -0.3 is 4.74 Å². The Hall–Kier alpha value is -1.15. The zero-order chi connectivity index (χ0) is 12.8. The van der Waals surface area contributed by atoms with E-state index in [1.165, 1.54) is 11.1 Å². The molecule has 1 aromatic carbocycles. The second-order valence-corrected chi connectivity index (χ2v) is 4.43. The molecule has 1 rings (SSSR count). The van der Waals surface area contributed by atoms with E-state index < -0.39 is 0 Å². The molecule has 0 aliphatic heterocycles. The SMILES string of the molecule is CCOC(CC)C(=O)Cc1cc(C)ccc1C. The van der Waals surface area contributed by atoms with Crippen molar-refractivity contribution in [3.05, 3.63) is 34.9 Å². The molecule has 1 atom stereocenters. The number of ether oxygens (including phenoxy) is 1. The smallest absolute Gasteiger partial charge is 0.165 e. The molecule has 1 unspecified atom stereocenters. The molecule has 0 bridgehead atoms. The van der Waals surface area contributed by atoms with E-state index in [-0.39, 0.29) is 11.9 Å². The van der Waals surface area contributed by atoms with Crippen molar-refractivity contribution in [2.75, 3.05) is 6.61 Å². The normalized spacial score (nSPS) is 12.5. The van der Waals surface area contributed by atoms with E-state index in [9.17, 15) is 4.79 Å². The van der Waals surface area contributed by atoms with Crippen LogP contribution in [0.2, 0.25) is 0 Å². The van der Waals surface area contributed by atoms with Crippen molar-refractivity contribution in [1.29, 1.82) is 0 Å². The minimum absolute atomic E-state index is 0.183. The molecule has 0 aromatic heterocycles. The third-order valence-electron chi connectivity index (χ3n) is 2.97. The van der Waals surface area contributed by atoms with E-state index in [1.54, 1.807) is 0 Å². The van der Waals surface area contributed by atoms with Gasteiger partial charge in [-0.05, 0) is 38.3 Å². The summed E-state index contributed by atoms with van der Waals surface area (Å²) in [6, 6.07) is 6.23. The fourth-order valence-electron chi connectivity index (χ4n) is 1.93. The first-order valence-electron chi connectivity index (χ1n) is 6.28. The van der Waals surface area contributed by atoms with E-state index in [0.29, 0.717) is 13.0 Å². The number of hydrogen-bond donors (Lipinski definition) is 0. The van der Waals surface area contributed by atoms with E-state index in [0.717, 1.165) is 12.0 Å². The lowest BCUT2D eigenvalue weighted by atomic mass is 9.98. The summed E-state index contributed by atoms with van der Waals surface area (Å²) >= 11 is 0. The van der Waals surface area contributed by atoms with Crippen molar-refractivity contribution < 1.29 is 9.53 Å². The molecular weight excluding hydrogens is 212 g/mol. The molecule has 2 heteroatoms. The van der Waals surface area contributed by atoms with Gasteiger partial charge in [0.2, 0.25) is 0 Å². The van der Waals surface area contributed by atoms with E-state index in [1.807, 2.05) is 27.7 Å². The highest BCUT2D eigenvalue weighted by atomic mass is 16.5. The highest BCUT2D eigenvalue weighted by molar-refractivity contribution is 5.85. The van der Waals surface area contributed by atoms with Crippen LogP contribution < -0.4 is 0 Å². The number of ketones is 1. The lowest BCUT2D eigenvalue weighted by molar-refractivity contribution is -0.129. The number of hydrogen-bond acceptors (Lipinski definition) is 2. The fourth-order valence-corrected chi connectivity index (χ4v) is 1.93. The zero-order valence-electron chi connectivity index (χ0n) is 11.2. The van der Waals surface area contributed by atoms with Gasteiger partial charge in [0.1, 0.15) is 6.10 Å². The van der Waals surface area contributed by atoms with Gasteiger partial charge in [-0.25, -0.2) is 0 Å². The van der Waals surface area contributed by atoms with Crippen LogP contribution in [0.15, 0.2) is 18.2 Å². The summed E-state index contributed by atoms with van der Waals surface area (Å²) in [5.41, 5.74) is 3.49. The lowest BCUT2D eigenvalue weighted by Crippen LogP contribution is -2.25. The number of Topliss-reactive ketones (excluding diaryl/α,β-unsaturated/α-hetero) is 1. The number of aryl methyl sites for hydroxylation is 2. The number of rotatable bonds is 6. The standard InChI is InChI=1S/C15H22O2/c1-5-15(17-6-2)14(16)10-13-9-11(3)7-8-12(13)4/h7-9,15H,5-6,10H2,1-4H3. The minimum Gasteiger partial charge on any atom is -0.371 e. The van der Waals surface area contributed by atoms with Crippen LogP contribution in [-0.2, 0) is 16.0 Å². The van der Waals surface area contributed by atoms with Crippen molar-refractivity contribution in [2.45, 2.75) is 46.6 Å². The van der Waals surface area contributed by atoms with Gasteiger partial charge in [0.15, 0.2) is 5.78 Å². The molecule has 0 N–H and O–H groups in total. The van der Waals surface area contributed by atoms with Crippen LogP contribution in [0.3, 0.4) is 0 Å². The molecular formula is C15H22O2. The maximum absolute atomic E-state index is 12.1. The molecule has 2 nitrogen and oxygen atoms in total. The molecule has 0 heterocycles. The average Bonchev–Trinajstić information content (AvgIpc) is 2.30. The van der Waals surface area contributed by atoms with Crippen LogP contribution in [0.4, 0.5) is 0 Å². The molecule has 94 valence electrons. The third kappa shape index (κ3) is 3.97. The molecule has 0 saturated heterocycles. The largest absolute Gasteiger partial charge is 0.371 e. The summed E-state index contributed by atoms with van der Waals surface area (Å²) in [5, 5.41) is 0. The summed E-state index contributed by atoms with van der Waals surface area (Å²) in [6.07, 6.45) is 0.976. The summed E-state index contributed by atoms with van der Waals surface area (Å²) in [7, 11) is 0. The molecule has 17 heavy (non-hydrogen) atoms. The first-order chi connectivity index (χ1) is 8.08. The van der Waals surface area contributed by atoms with Gasteiger partial charge in [-0.2, -0.15) is 0 Å². The second-order valence-electron chi connectivity index (χ2n) is 4.43. The summed E-state index contributed by atoms with van der Waals surface area (Å²) in [4.78, 5) is 12.1. The topological polar surface area (TPSA) is 26.3 Å². The monoisotopic (exact) mass is 234 g/mol. The Bertz CT molecular complexity index is 383. The molecule has 1 aromatic rings. The second kappa shape index (κ2) is 6.55. The quantitative estimate of drug-likeness (QED) is 0.755. The summed E-state index contributed by atoms with van der Waals surface area (Å²) in [6.45, 7) is 8.60. The Kier molecular flexibility index (Phi) is 5.36. The van der Waals surface area contributed by atoms with E-state index in [2.05, 4.69) is 18.2 Å². The Labute approximate surface area is 104 Å². The third-order valence-corrected chi connectivity index (χ3v) is 2.97. The van der Waals surface area contributed by atoms with Gasteiger partial charge >= 0.3 is 0 Å². The average molecular weight is 234 g/mol. The predicted molar refractivity (Wildman–Crippen MR) is 70.3 cm³/mol. The first-order valence-corrected chi connectivity index (χ1v) is 6.28. The highest BCUT2D eigenvalue weighted by Crippen LogP contribution is 2.13. The summed E-state index contributed by atoms with van der Waals surface area (Å²) < 4.78 is 5.45. The first kappa shape index (κ1) is 13.9. The van der Waals surface area contributed by atoms with Crippen LogP contribution in [0, 0.1) is 13.8 Å². The van der Waals surface area contributed by atoms with Gasteiger partial charge in [0.25, 0.3) is 0 Å². The van der Waals surface area contributed by atoms with E-state index >= 15 is 0 Å². The molecule has 0 fully saturated rings. The number of benzene rings is 1. The van der Waals surface area contributed by atoms with Crippen LogP contribution in [0.25, 0.3) is 0 Å². The zero-order valence-corrected chi connectivity index (χ0v) is 11.2. The number of carbonyl (C=O) groups excluding carboxylic acids is 1. The Morgan fingerprint density at radius 3 is 2.59 bits per heavy atom. The molecule has 0 spiro atoms. The lowest BCUT2D eigenvalue weighted by Gasteiger charge is -2.14. The van der Waals surface area contributed by atoms with Gasteiger partial charge in [-0.3, -0.25) is 4.79 Å². The van der Waals surface area contributed by atoms with Crippen molar-refractivity contribution in [3.63, 3.8) is 0 Å². The highest BCUT2D eigenvalue weighted by Gasteiger charge is 2.17. The van der Waals surface area contributed by atoms with Crippen molar-refractivity contribution >= 4 is 5.78 Å². The summed E-state index contributed by atoms with van der Waals surface area (Å²) in [5.74, 6) is 0.183. The molecule has 0 amide bonds. The maximum Gasteiger partial charge on any atom is 0.165 e. The Morgan fingerprint density at radius 1 is 1.29 bits per heavy atom. The van der Waals surface area contributed by atoms with Crippen LogP contribution in [0.5, 0.6) is 0 Å². The fraction of sp³-hybridized carbons (Fsp3) is 0.533. The van der Waals surface area contributed by atoms with Crippen molar-refractivity contribution in [3.8, 4) is 0 Å². The molecule has 0 saturated carbocycles. The Balaban J connectivity index is 2.76. The Morgan fingerprint density at radius 2 is 2.00 bits per heavy atom. The van der Waals surface area contributed by atoms with Gasteiger partial charge in [0.05, 0.1) is 0 Å². The van der Waals surface area contributed by atoms with Crippen LogP contribution >= 0.6 is 0 Å². The van der Waals surface area contributed by atoms with Gasteiger partial charge in [-0.15, -0.1) is 0 Å². The molecule has 0 aliphatic rings. The van der Waals surface area contributed by atoms with E-state index in [4.69, 9.17) is 4.74 Å². The van der Waals surface area contributed by atoms with Crippen molar-refractivity contribution in [1.82, 2.24) is 0 Å². The minimum atomic E-state index is -0.250.